The van der Waals surface area contributed by atoms with Crippen LogP contribution in [0.4, 0.5) is 5.69 Å². The highest BCUT2D eigenvalue weighted by Gasteiger charge is 2.25. The Balaban J connectivity index is 2.14. The van der Waals surface area contributed by atoms with E-state index in [0.717, 1.165) is 42.6 Å². The lowest BCUT2D eigenvalue weighted by Gasteiger charge is -2.10. The van der Waals surface area contributed by atoms with E-state index in [1.54, 1.807) is 5.38 Å². The maximum Gasteiger partial charge on any atom is 0.348 e. The Morgan fingerprint density at radius 3 is 2.65 bits per heavy atom. The zero-order chi connectivity index (χ0) is 12.4. The van der Waals surface area contributed by atoms with Crippen molar-refractivity contribution >= 4 is 28.9 Å². The normalized spacial score (nSPS) is 16.1. The third kappa shape index (κ3) is 2.49. The number of hydrogen-bond acceptors (Lipinski definition) is 3. The van der Waals surface area contributed by atoms with Crippen LogP contribution in [0.5, 0.6) is 0 Å². The maximum absolute atomic E-state index is 11.9. The maximum atomic E-state index is 11.9. The zero-order valence-corrected chi connectivity index (χ0v) is 10.5. The summed E-state index contributed by atoms with van der Waals surface area (Å²) in [6.07, 6.45) is 4.01. The molecule has 4 nitrogen and oxygen atoms in total. The molecule has 0 aliphatic heterocycles. The lowest BCUT2D eigenvalue weighted by Crippen LogP contribution is -2.21. The minimum Gasteiger partial charge on any atom is -0.477 e. The van der Waals surface area contributed by atoms with E-state index in [-0.39, 0.29) is 16.7 Å². The highest BCUT2D eigenvalue weighted by Crippen LogP contribution is 2.30. The smallest absolute Gasteiger partial charge is 0.348 e. The fourth-order valence-corrected chi connectivity index (χ4v) is 3.01. The van der Waals surface area contributed by atoms with Crippen LogP contribution in [0.2, 0.25) is 0 Å². The average molecular weight is 253 g/mol. The molecule has 1 aliphatic rings. The van der Waals surface area contributed by atoms with Gasteiger partial charge in [-0.25, -0.2) is 4.79 Å². The summed E-state index contributed by atoms with van der Waals surface area (Å²) in [5, 5.41) is 13.5. The molecule has 0 radical (unpaired) electrons. The van der Waals surface area contributed by atoms with Gasteiger partial charge in [0.2, 0.25) is 5.91 Å². The predicted octanol–water partition coefficient (Wildman–Crippen LogP) is 2.88. The summed E-state index contributed by atoms with van der Waals surface area (Å²) in [4.78, 5) is 23.2. The molecule has 1 saturated carbocycles. The van der Waals surface area contributed by atoms with Gasteiger partial charge >= 0.3 is 5.97 Å². The molecule has 0 atom stereocenters. The molecule has 2 rings (SSSR count). The molecular weight excluding hydrogens is 238 g/mol. The molecule has 0 saturated heterocycles. The van der Waals surface area contributed by atoms with Gasteiger partial charge < -0.3 is 10.4 Å². The molecular formula is C12H15NO3S. The summed E-state index contributed by atoms with van der Waals surface area (Å²) in [6.45, 7) is 1.81. The number of aryl methyl sites for hydroxylation is 1. The summed E-state index contributed by atoms with van der Waals surface area (Å²) in [7, 11) is 0. The van der Waals surface area contributed by atoms with Crippen molar-refractivity contribution < 1.29 is 14.7 Å². The molecule has 1 amide bonds. The number of carboxylic acids is 1. The number of carbonyl (C=O) groups excluding carboxylic acids is 1. The number of aromatic carboxylic acids is 1. The minimum absolute atomic E-state index is 0.0356. The van der Waals surface area contributed by atoms with Gasteiger partial charge in [-0.3, -0.25) is 4.79 Å². The van der Waals surface area contributed by atoms with E-state index in [1.807, 2.05) is 6.92 Å². The number of amides is 1. The molecule has 0 bridgehead atoms. The molecule has 2 N–H and O–H groups in total. The van der Waals surface area contributed by atoms with E-state index in [2.05, 4.69) is 5.32 Å². The van der Waals surface area contributed by atoms with E-state index < -0.39 is 5.97 Å². The van der Waals surface area contributed by atoms with E-state index in [0.29, 0.717) is 5.69 Å². The third-order valence-electron chi connectivity index (χ3n) is 3.14. The Morgan fingerprint density at radius 1 is 1.41 bits per heavy atom. The van der Waals surface area contributed by atoms with Crippen LogP contribution in [0.1, 0.15) is 40.9 Å². The third-order valence-corrected chi connectivity index (χ3v) is 4.23. The van der Waals surface area contributed by atoms with Crippen LogP contribution >= 0.6 is 11.3 Å². The van der Waals surface area contributed by atoms with Crippen molar-refractivity contribution in [3.8, 4) is 0 Å². The molecule has 92 valence electrons. The first kappa shape index (κ1) is 12.1. The van der Waals surface area contributed by atoms with E-state index in [4.69, 9.17) is 5.11 Å². The molecule has 5 heteroatoms. The number of hydrogen-bond donors (Lipinski definition) is 2. The first-order chi connectivity index (χ1) is 8.09. The minimum atomic E-state index is -0.982. The molecule has 1 aromatic rings. The second-order valence-corrected chi connectivity index (χ2v) is 5.28. The van der Waals surface area contributed by atoms with Gasteiger partial charge in [-0.15, -0.1) is 11.3 Å². The lowest BCUT2D eigenvalue weighted by molar-refractivity contribution is -0.119. The number of carboxylic acid groups (broad SMARTS) is 1. The van der Waals surface area contributed by atoms with Crippen LogP contribution in [0.25, 0.3) is 0 Å². The highest BCUT2D eigenvalue weighted by atomic mass is 32.1. The van der Waals surface area contributed by atoms with Gasteiger partial charge in [0, 0.05) is 5.92 Å². The van der Waals surface area contributed by atoms with Crippen LogP contribution in [0, 0.1) is 12.8 Å². The van der Waals surface area contributed by atoms with Gasteiger partial charge in [0.25, 0.3) is 0 Å². The van der Waals surface area contributed by atoms with Gasteiger partial charge in [0.15, 0.2) is 0 Å². The number of thiophene rings is 1. The van der Waals surface area contributed by atoms with E-state index in [9.17, 15) is 9.59 Å². The molecule has 1 fully saturated rings. The van der Waals surface area contributed by atoms with Crippen LogP contribution in [-0.4, -0.2) is 17.0 Å². The van der Waals surface area contributed by atoms with Crippen molar-refractivity contribution in [2.24, 2.45) is 5.92 Å². The summed E-state index contributed by atoms with van der Waals surface area (Å²) >= 11 is 1.15. The van der Waals surface area contributed by atoms with Crippen LogP contribution in [0.15, 0.2) is 5.38 Å². The monoisotopic (exact) mass is 253 g/mol. The van der Waals surface area contributed by atoms with E-state index >= 15 is 0 Å². The Hall–Kier alpha value is -1.36. The van der Waals surface area contributed by atoms with Gasteiger partial charge in [-0.05, 0) is 30.7 Å². The number of rotatable bonds is 3. The molecule has 0 unspecified atom stereocenters. The summed E-state index contributed by atoms with van der Waals surface area (Å²) in [5.41, 5.74) is 1.29. The number of carbonyl (C=O) groups is 2. The average Bonchev–Trinajstić information content (AvgIpc) is 2.89. The Morgan fingerprint density at radius 2 is 2.06 bits per heavy atom. The van der Waals surface area contributed by atoms with Gasteiger partial charge in [-0.1, -0.05) is 12.8 Å². The predicted molar refractivity (Wildman–Crippen MR) is 66.6 cm³/mol. The number of anilines is 1. The molecule has 0 aromatic carbocycles. The van der Waals surface area contributed by atoms with Crippen molar-refractivity contribution in [3.63, 3.8) is 0 Å². The van der Waals surface area contributed by atoms with Crippen molar-refractivity contribution in [1.29, 1.82) is 0 Å². The summed E-state index contributed by atoms with van der Waals surface area (Å²) in [6, 6.07) is 0. The highest BCUT2D eigenvalue weighted by molar-refractivity contribution is 7.12. The van der Waals surface area contributed by atoms with Crippen molar-refractivity contribution in [1.82, 2.24) is 0 Å². The number of nitrogens with one attached hydrogen (secondary N) is 1. The van der Waals surface area contributed by atoms with Gasteiger partial charge in [-0.2, -0.15) is 0 Å². The lowest BCUT2D eigenvalue weighted by atomic mass is 10.1. The molecule has 17 heavy (non-hydrogen) atoms. The Kier molecular flexibility index (Phi) is 3.47. The second-order valence-electron chi connectivity index (χ2n) is 4.40. The topological polar surface area (TPSA) is 66.4 Å². The quantitative estimate of drug-likeness (QED) is 0.870. The van der Waals surface area contributed by atoms with Crippen molar-refractivity contribution in [3.05, 3.63) is 15.8 Å². The van der Waals surface area contributed by atoms with E-state index in [1.165, 1.54) is 0 Å². The van der Waals surface area contributed by atoms with Crippen LogP contribution < -0.4 is 5.32 Å². The molecule has 1 heterocycles. The van der Waals surface area contributed by atoms with Gasteiger partial charge in [0.05, 0.1) is 5.69 Å². The molecule has 1 aromatic heterocycles. The van der Waals surface area contributed by atoms with Crippen LogP contribution in [-0.2, 0) is 4.79 Å². The molecule has 0 spiro atoms. The van der Waals surface area contributed by atoms with Crippen molar-refractivity contribution in [2.45, 2.75) is 32.6 Å². The van der Waals surface area contributed by atoms with Crippen molar-refractivity contribution in [2.75, 3.05) is 5.32 Å². The van der Waals surface area contributed by atoms with Gasteiger partial charge in [0.1, 0.15) is 4.88 Å². The second kappa shape index (κ2) is 4.87. The standard InChI is InChI=1S/C12H15NO3S/c1-7-6-17-10(12(15)16)9(7)13-11(14)8-4-2-3-5-8/h6,8H,2-5H2,1H3,(H,13,14)(H,15,16). The fourth-order valence-electron chi connectivity index (χ4n) is 2.17. The first-order valence-electron chi connectivity index (χ1n) is 5.72. The first-order valence-corrected chi connectivity index (χ1v) is 6.60. The summed E-state index contributed by atoms with van der Waals surface area (Å²) < 4.78 is 0. The fraction of sp³-hybridized carbons (Fsp3) is 0.500. The summed E-state index contributed by atoms with van der Waals surface area (Å²) in [5.74, 6) is -0.965. The Bertz CT molecular complexity index is 447. The Labute approximate surface area is 104 Å². The largest absolute Gasteiger partial charge is 0.477 e. The zero-order valence-electron chi connectivity index (χ0n) is 9.66. The van der Waals surface area contributed by atoms with Crippen LogP contribution in [0.3, 0.4) is 0 Å². The SMILES string of the molecule is Cc1csc(C(=O)O)c1NC(=O)C1CCCC1. The molecule has 1 aliphatic carbocycles.